The Kier molecular flexibility index (Phi) is 10.3. The highest BCUT2D eigenvalue weighted by atomic mass is 79.9. The smallest absolute Gasteiger partial charge is 0.407 e. The SMILES string of the molecule is CCOC(=O)N[C@@H](CC(=O)N/N=C\c1ccc(OCc2ccc(Br)cc2)c(Br)c1)c1ccccc1. The van der Waals surface area contributed by atoms with E-state index in [4.69, 9.17) is 9.47 Å². The van der Waals surface area contributed by atoms with Crippen molar-refractivity contribution in [1.82, 2.24) is 10.7 Å². The average molecular weight is 603 g/mol. The molecule has 0 fully saturated rings. The van der Waals surface area contributed by atoms with E-state index >= 15 is 0 Å². The highest BCUT2D eigenvalue weighted by Gasteiger charge is 2.18. The van der Waals surface area contributed by atoms with Crippen molar-refractivity contribution in [2.45, 2.75) is 26.0 Å². The summed E-state index contributed by atoms with van der Waals surface area (Å²) in [6.45, 7) is 2.41. The molecule has 0 aliphatic rings. The molecule has 9 heteroatoms. The van der Waals surface area contributed by atoms with Crippen LogP contribution in [0.5, 0.6) is 5.75 Å². The van der Waals surface area contributed by atoms with Gasteiger partial charge in [-0.05, 0) is 69.9 Å². The summed E-state index contributed by atoms with van der Waals surface area (Å²) in [4.78, 5) is 24.4. The van der Waals surface area contributed by atoms with E-state index < -0.39 is 12.1 Å². The lowest BCUT2D eigenvalue weighted by molar-refractivity contribution is -0.121. The second kappa shape index (κ2) is 13.7. The molecular weight excluding hydrogens is 578 g/mol. The van der Waals surface area contributed by atoms with Crippen LogP contribution in [0, 0.1) is 0 Å². The van der Waals surface area contributed by atoms with Gasteiger partial charge in [0, 0.05) is 4.47 Å². The third kappa shape index (κ3) is 8.84. The molecule has 7 nitrogen and oxygen atoms in total. The zero-order chi connectivity index (χ0) is 25.0. The molecule has 3 aromatic rings. The van der Waals surface area contributed by atoms with Crippen molar-refractivity contribution < 1.29 is 19.1 Å². The van der Waals surface area contributed by atoms with E-state index in [1.54, 1.807) is 6.92 Å². The van der Waals surface area contributed by atoms with E-state index in [0.717, 1.165) is 25.6 Å². The number of hydrogen-bond acceptors (Lipinski definition) is 5. The quantitative estimate of drug-likeness (QED) is 0.216. The molecule has 1 atom stereocenters. The van der Waals surface area contributed by atoms with Crippen LogP contribution in [0.4, 0.5) is 4.79 Å². The van der Waals surface area contributed by atoms with Gasteiger partial charge in [0.2, 0.25) is 5.91 Å². The van der Waals surface area contributed by atoms with Crippen LogP contribution in [-0.4, -0.2) is 24.8 Å². The number of carbonyl (C=O) groups excluding carboxylic acids is 2. The van der Waals surface area contributed by atoms with Gasteiger partial charge in [-0.2, -0.15) is 5.10 Å². The molecule has 0 aliphatic heterocycles. The fourth-order valence-electron chi connectivity index (χ4n) is 3.12. The third-order valence-corrected chi connectivity index (χ3v) is 5.97. The maximum Gasteiger partial charge on any atom is 0.407 e. The minimum Gasteiger partial charge on any atom is -0.488 e. The molecule has 35 heavy (non-hydrogen) atoms. The molecule has 0 unspecified atom stereocenters. The number of halogens is 2. The summed E-state index contributed by atoms with van der Waals surface area (Å²) >= 11 is 6.93. The summed E-state index contributed by atoms with van der Waals surface area (Å²) in [5, 5.41) is 6.76. The van der Waals surface area contributed by atoms with E-state index in [0.29, 0.717) is 12.4 Å². The number of alkyl carbamates (subject to hydrolysis) is 1. The molecule has 0 aromatic heterocycles. The highest BCUT2D eigenvalue weighted by Crippen LogP contribution is 2.26. The predicted molar refractivity (Wildman–Crippen MR) is 142 cm³/mol. The summed E-state index contributed by atoms with van der Waals surface area (Å²) in [6.07, 6.45) is 0.967. The highest BCUT2D eigenvalue weighted by molar-refractivity contribution is 9.10. The van der Waals surface area contributed by atoms with E-state index in [-0.39, 0.29) is 18.9 Å². The number of nitrogens with one attached hydrogen (secondary N) is 2. The fraction of sp³-hybridized carbons (Fsp3) is 0.192. The lowest BCUT2D eigenvalue weighted by Gasteiger charge is -2.18. The van der Waals surface area contributed by atoms with Crippen LogP contribution in [0.3, 0.4) is 0 Å². The molecule has 3 rings (SSSR count). The van der Waals surface area contributed by atoms with Crippen molar-refractivity contribution >= 4 is 50.1 Å². The number of rotatable bonds is 10. The van der Waals surface area contributed by atoms with Crippen LogP contribution in [-0.2, 0) is 16.1 Å². The molecule has 0 saturated heterocycles. The lowest BCUT2D eigenvalue weighted by Crippen LogP contribution is -2.33. The van der Waals surface area contributed by atoms with Gasteiger partial charge >= 0.3 is 6.09 Å². The Bertz CT molecular complexity index is 1160. The monoisotopic (exact) mass is 601 g/mol. The van der Waals surface area contributed by atoms with Crippen LogP contribution < -0.4 is 15.5 Å². The van der Waals surface area contributed by atoms with E-state index in [9.17, 15) is 9.59 Å². The fourth-order valence-corrected chi connectivity index (χ4v) is 3.89. The maximum atomic E-state index is 12.5. The van der Waals surface area contributed by atoms with Crippen LogP contribution in [0.15, 0.2) is 86.8 Å². The van der Waals surface area contributed by atoms with Crippen molar-refractivity contribution in [3.05, 3.63) is 98.4 Å². The molecule has 0 aliphatic carbocycles. The number of hydrogen-bond donors (Lipinski definition) is 2. The van der Waals surface area contributed by atoms with Crippen molar-refractivity contribution in [2.75, 3.05) is 6.61 Å². The Hall–Kier alpha value is -3.17. The lowest BCUT2D eigenvalue weighted by atomic mass is 10.0. The number of benzene rings is 3. The van der Waals surface area contributed by atoms with Gasteiger partial charge in [0.1, 0.15) is 12.4 Å². The van der Waals surface area contributed by atoms with Crippen molar-refractivity contribution in [2.24, 2.45) is 5.10 Å². The van der Waals surface area contributed by atoms with Crippen molar-refractivity contribution in [3.8, 4) is 5.75 Å². The molecule has 3 aromatic carbocycles. The van der Waals surface area contributed by atoms with Crippen LogP contribution in [0.25, 0.3) is 0 Å². The predicted octanol–water partition coefficient (Wildman–Crippen LogP) is 6.12. The number of hydrazone groups is 1. The molecule has 0 radical (unpaired) electrons. The standard InChI is InChI=1S/C26H25Br2N3O4/c1-2-34-26(33)30-23(20-6-4-3-5-7-20)15-25(32)31-29-16-19-10-13-24(22(28)14-19)35-17-18-8-11-21(27)12-9-18/h3-14,16,23H,2,15,17H2,1H3,(H,30,33)(H,31,32)/b29-16-/t23-/m0/s1. The Labute approximate surface area is 221 Å². The molecule has 0 spiro atoms. The minimum absolute atomic E-state index is 0.00664. The Balaban J connectivity index is 1.55. The summed E-state index contributed by atoms with van der Waals surface area (Å²) < 4.78 is 12.6. The van der Waals surface area contributed by atoms with Crippen LogP contribution in [0.1, 0.15) is 36.1 Å². The molecule has 0 heterocycles. The van der Waals surface area contributed by atoms with Gasteiger partial charge in [-0.3, -0.25) is 4.79 Å². The van der Waals surface area contributed by atoms with Gasteiger partial charge in [-0.25, -0.2) is 10.2 Å². The van der Waals surface area contributed by atoms with E-state index in [1.807, 2.05) is 72.8 Å². The summed E-state index contributed by atoms with van der Waals surface area (Å²) in [5.74, 6) is 0.352. The topological polar surface area (TPSA) is 89.0 Å². The normalized spacial score (nSPS) is 11.6. The van der Waals surface area contributed by atoms with Gasteiger partial charge in [0.05, 0.1) is 29.8 Å². The maximum absolute atomic E-state index is 12.5. The van der Waals surface area contributed by atoms with Crippen LogP contribution in [0.2, 0.25) is 0 Å². The second-order valence-corrected chi connectivity index (χ2v) is 9.20. The number of nitrogens with zero attached hydrogens (tertiary/aromatic N) is 1. The van der Waals surface area contributed by atoms with Crippen molar-refractivity contribution in [1.29, 1.82) is 0 Å². The van der Waals surface area contributed by atoms with E-state index in [1.165, 1.54) is 6.21 Å². The third-order valence-electron chi connectivity index (χ3n) is 4.83. The van der Waals surface area contributed by atoms with Gasteiger partial charge in [0.15, 0.2) is 0 Å². The Morgan fingerprint density at radius 1 is 1.03 bits per heavy atom. The van der Waals surface area contributed by atoms with Gasteiger partial charge < -0.3 is 14.8 Å². The number of ether oxygens (including phenoxy) is 2. The van der Waals surface area contributed by atoms with Crippen molar-refractivity contribution in [3.63, 3.8) is 0 Å². The van der Waals surface area contributed by atoms with Gasteiger partial charge in [-0.15, -0.1) is 0 Å². The van der Waals surface area contributed by atoms with E-state index in [2.05, 4.69) is 47.7 Å². The first kappa shape index (κ1) is 26.4. The molecule has 0 saturated carbocycles. The Morgan fingerprint density at radius 2 is 1.77 bits per heavy atom. The first-order valence-corrected chi connectivity index (χ1v) is 12.5. The average Bonchev–Trinajstić information content (AvgIpc) is 2.85. The molecular formula is C26H25Br2N3O4. The number of carbonyl (C=O) groups is 2. The summed E-state index contributed by atoms with van der Waals surface area (Å²) in [5.41, 5.74) is 5.13. The number of amides is 2. The van der Waals surface area contributed by atoms with Gasteiger partial charge in [0.25, 0.3) is 0 Å². The molecule has 0 bridgehead atoms. The second-order valence-electron chi connectivity index (χ2n) is 7.43. The molecule has 182 valence electrons. The zero-order valence-corrected chi connectivity index (χ0v) is 22.2. The largest absolute Gasteiger partial charge is 0.488 e. The van der Waals surface area contributed by atoms with Crippen LogP contribution >= 0.6 is 31.9 Å². The molecule has 2 amide bonds. The minimum atomic E-state index is -0.579. The zero-order valence-electron chi connectivity index (χ0n) is 19.0. The Morgan fingerprint density at radius 3 is 2.46 bits per heavy atom. The summed E-state index contributed by atoms with van der Waals surface area (Å²) in [7, 11) is 0. The molecule has 2 N–H and O–H groups in total. The first-order chi connectivity index (χ1) is 16.9. The summed E-state index contributed by atoms with van der Waals surface area (Å²) in [6, 6.07) is 22.1. The first-order valence-electron chi connectivity index (χ1n) is 10.9. The van der Waals surface area contributed by atoms with Gasteiger partial charge in [-0.1, -0.05) is 58.4 Å².